The third kappa shape index (κ3) is 3.90. The molecule has 0 aromatic rings. The highest BCUT2D eigenvalue weighted by atomic mass is 32.2. The molecule has 1 aliphatic carbocycles. The smallest absolute Gasteiger partial charge is 0.0656 e. The van der Waals surface area contributed by atoms with E-state index in [4.69, 9.17) is 0 Å². The first-order chi connectivity index (χ1) is 6.24. The van der Waals surface area contributed by atoms with Gasteiger partial charge in [-0.25, -0.2) is 0 Å². The van der Waals surface area contributed by atoms with Crippen LogP contribution in [0.3, 0.4) is 0 Å². The van der Waals surface area contributed by atoms with Crippen molar-refractivity contribution in [3.8, 4) is 0 Å². The minimum absolute atomic E-state index is 0.0874. The molecule has 2 heteroatoms. The summed E-state index contributed by atoms with van der Waals surface area (Å²) in [6.07, 6.45) is 6.55. The van der Waals surface area contributed by atoms with Crippen molar-refractivity contribution in [3.63, 3.8) is 0 Å². The molecule has 2 unspecified atom stereocenters. The van der Waals surface area contributed by atoms with Crippen LogP contribution in [0.2, 0.25) is 0 Å². The highest BCUT2D eigenvalue weighted by Gasteiger charge is 2.18. The van der Waals surface area contributed by atoms with Crippen LogP contribution in [0.1, 0.15) is 46.0 Å². The van der Waals surface area contributed by atoms with Gasteiger partial charge in [-0.3, -0.25) is 0 Å². The second kappa shape index (κ2) is 5.92. The van der Waals surface area contributed by atoms with Crippen LogP contribution < -0.4 is 0 Å². The van der Waals surface area contributed by atoms with Crippen molar-refractivity contribution < 1.29 is 5.11 Å². The van der Waals surface area contributed by atoms with Gasteiger partial charge in [-0.2, -0.15) is 11.8 Å². The fraction of sp³-hybridized carbons (Fsp3) is 1.00. The van der Waals surface area contributed by atoms with Crippen LogP contribution >= 0.6 is 11.8 Å². The van der Waals surface area contributed by atoms with Gasteiger partial charge in [0.25, 0.3) is 0 Å². The Kier molecular flexibility index (Phi) is 5.18. The molecule has 1 N–H and O–H groups in total. The van der Waals surface area contributed by atoms with Crippen molar-refractivity contribution in [1.82, 2.24) is 0 Å². The van der Waals surface area contributed by atoms with Crippen LogP contribution in [0.4, 0.5) is 0 Å². The summed E-state index contributed by atoms with van der Waals surface area (Å²) < 4.78 is 0. The summed E-state index contributed by atoms with van der Waals surface area (Å²) in [6, 6.07) is 0. The van der Waals surface area contributed by atoms with Crippen LogP contribution in [0.5, 0.6) is 0 Å². The average molecular weight is 202 g/mol. The van der Waals surface area contributed by atoms with Crippen molar-refractivity contribution >= 4 is 11.8 Å². The van der Waals surface area contributed by atoms with Gasteiger partial charge in [0.05, 0.1) is 6.10 Å². The molecule has 1 fully saturated rings. The van der Waals surface area contributed by atoms with Gasteiger partial charge < -0.3 is 5.11 Å². The molecule has 0 spiro atoms. The minimum atomic E-state index is -0.0874. The molecule has 1 nitrogen and oxygen atoms in total. The van der Waals surface area contributed by atoms with E-state index in [-0.39, 0.29) is 6.10 Å². The zero-order valence-corrected chi connectivity index (χ0v) is 9.65. The van der Waals surface area contributed by atoms with E-state index in [1.807, 2.05) is 11.8 Å². The van der Waals surface area contributed by atoms with Gasteiger partial charge in [0.2, 0.25) is 0 Å². The summed E-state index contributed by atoms with van der Waals surface area (Å²) in [7, 11) is 0. The standard InChI is InChI=1S/C11H22OS/c1-3-9(2)11(12)8-13-10-6-4-5-7-10/h9-12H,3-8H2,1-2H3. The monoisotopic (exact) mass is 202 g/mol. The Balaban J connectivity index is 2.10. The fourth-order valence-electron chi connectivity index (χ4n) is 1.73. The van der Waals surface area contributed by atoms with Crippen molar-refractivity contribution in [2.24, 2.45) is 5.92 Å². The third-order valence-corrected chi connectivity index (χ3v) is 4.58. The lowest BCUT2D eigenvalue weighted by Gasteiger charge is -2.18. The molecule has 1 rings (SSSR count). The van der Waals surface area contributed by atoms with Crippen molar-refractivity contribution in [1.29, 1.82) is 0 Å². The molecule has 13 heavy (non-hydrogen) atoms. The van der Waals surface area contributed by atoms with Gasteiger partial charge in [-0.1, -0.05) is 33.1 Å². The Morgan fingerprint density at radius 2 is 2.00 bits per heavy atom. The zero-order valence-electron chi connectivity index (χ0n) is 8.83. The number of aliphatic hydroxyl groups excluding tert-OH is 1. The van der Waals surface area contributed by atoms with Gasteiger partial charge in [-0.15, -0.1) is 0 Å². The second-order valence-corrected chi connectivity index (χ2v) is 5.53. The molecule has 0 bridgehead atoms. The van der Waals surface area contributed by atoms with E-state index in [0.717, 1.165) is 17.4 Å². The van der Waals surface area contributed by atoms with Crippen LogP contribution in [-0.4, -0.2) is 22.2 Å². The molecule has 0 aliphatic heterocycles. The Morgan fingerprint density at radius 1 is 1.38 bits per heavy atom. The van der Waals surface area contributed by atoms with Crippen LogP contribution in [0, 0.1) is 5.92 Å². The van der Waals surface area contributed by atoms with Gasteiger partial charge in [-0.05, 0) is 18.8 Å². The van der Waals surface area contributed by atoms with Gasteiger partial charge >= 0.3 is 0 Å². The molecule has 1 aliphatic rings. The Labute approximate surface area is 86.3 Å². The summed E-state index contributed by atoms with van der Waals surface area (Å²) in [4.78, 5) is 0. The number of thioether (sulfide) groups is 1. The topological polar surface area (TPSA) is 20.2 Å². The first kappa shape index (κ1) is 11.4. The highest BCUT2D eigenvalue weighted by Crippen LogP contribution is 2.30. The van der Waals surface area contributed by atoms with Crippen molar-refractivity contribution in [2.45, 2.75) is 57.3 Å². The molecule has 0 aromatic carbocycles. The summed E-state index contributed by atoms with van der Waals surface area (Å²) in [5, 5.41) is 10.6. The predicted molar refractivity (Wildman–Crippen MR) is 60.2 cm³/mol. The van der Waals surface area contributed by atoms with E-state index in [0.29, 0.717) is 5.92 Å². The Morgan fingerprint density at radius 3 is 2.54 bits per heavy atom. The SMILES string of the molecule is CCC(C)C(O)CSC1CCCC1. The van der Waals surface area contributed by atoms with E-state index in [9.17, 15) is 5.11 Å². The number of aliphatic hydroxyl groups is 1. The van der Waals surface area contributed by atoms with Crippen LogP contribution in [-0.2, 0) is 0 Å². The lowest BCUT2D eigenvalue weighted by Crippen LogP contribution is -2.20. The van der Waals surface area contributed by atoms with Crippen LogP contribution in [0.25, 0.3) is 0 Å². The number of hydrogen-bond donors (Lipinski definition) is 1. The lowest BCUT2D eigenvalue weighted by atomic mass is 10.0. The minimum Gasteiger partial charge on any atom is -0.392 e. The van der Waals surface area contributed by atoms with Crippen molar-refractivity contribution in [2.75, 3.05) is 5.75 Å². The quantitative estimate of drug-likeness (QED) is 0.739. The molecule has 0 radical (unpaired) electrons. The second-order valence-electron chi connectivity index (χ2n) is 4.19. The number of rotatable bonds is 5. The third-order valence-electron chi connectivity index (χ3n) is 3.11. The van der Waals surface area contributed by atoms with E-state index in [2.05, 4.69) is 13.8 Å². The maximum atomic E-state index is 9.76. The van der Waals surface area contributed by atoms with E-state index in [1.165, 1.54) is 25.7 Å². The molecular weight excluding hydrogens is 180 g/mol. The average Bonchev–Trinajstić information content (AvgIpc) is 2.65. The molecule has 0 heterocycles. The van der Waals surface area contributed by atoms with Gasteiger partial charge in [0.15, 0.2) is 0 Å². The fourth-order valence-corrected chi connectivity index (χ4v) is 3.19. The van der Waals surface area contributed by atoms with E-state index >= 15 is 0 Å². The zero-order chi connectivity index (χ0) is 9.68. The Hall–Kier alpha value is 0.310. The summed E-state index contributed by atoms with van der Waals surface area (Å²) in [6.45, 7) is 4.29. The maximum Gasteiger partial charge on any atom is 0.0656 e. The maximum absolute atomic E-state index is 9.76. The molecule has 0 aromatic heterocycles. The predicted octanol–water partition coefficient (Wildman–Crippen LogP) is 3.07. The first-order valence-electron chi connectivity index (χ1n) is 5.53. The molecule has 0 saturated heterocycles. The largest absolute Gasteiger partial charge is 0.392 e. The lowest BCUT2D eigenvalue weighted by molar-refractivity contribution is 0.137. The van der Waals surface area contributed by atoms with Gasteiger partial charge in [0.1, 0.15) is 0 Å². The molecular formula is C11H22OS. The van der Waals surface area contributed by atoms with E-state index < -0.39 is 0 Å². The van der Waals surface area contributed by atoms with Crippen LogP contribution in [0.15, 0.2) is 0 Å². The normalized spacial score (nSPS) is 23.3. The van der Waals surface area contributed by atoms with Gasteiger partial charge in [0, 0.05) is 11.0 Å². The Bertz CT molecular complexity index is 132. The molecule has 1 saturated carbocycles. The molecule has 78 valence electrons. The first-order valence-corrected chi connectivity index (χ1v) is 6.58. The van der Waals surface area contributed by atoms with E-state index in [1.54, 1.807) is 0 Å². The summed E-state index contributed by atoms with van der Waals surface area (Å²) in [5.41, 5.74) is 0. The summed E-state index contributed by atoms with van der Waals surface area (Å²) >= 11 is 1.99. The molecule has 2 atom stereocenters. The molecule has 0 amide bonds. The summed E-state index contributed by atoms with van der Waals surface area (Å²) in [5.74, 6) is 1.41. The number of hydrogen-bond acceptors (Lipinski definition) is 2. The highest BCUT2D eigenvalue weighted by molar-refractivity contribution is 7.99. The van der Waals surface area contributed by atoms with Crippen molar-refractivity contribution in [3.05, 3.63) is 0 Å².